The van der Waals surface area contributed by atoms with Gasteiger partial charge in [-0.3, -0.25) is 14.5 Å². The Labute approximate surface area is 120 Å². The monoisotopic (exact) mass is 293 g/mol. The third-order valence-electron chi connectivity index (χ3n) is 2.54. The van der Waals surface area contributed by atoms with Crippen molar-refractivity contribution >= 4 is 46.3 Å². The minimum absolute atomic E-state index is 0.283. The molecule has 0 aliphatic carbocycles. The Morgan fingerprint density at radius 1 is 1.42 bits per heavy atom. The number of carbonyl (C=O) groups excluding carboxylic acids is 1. The summed E-state index contributed by atoms with van der Waals surface area (Å²) in [6.07, 6.45) is 1.72. The van der Waals surface area contributed by atoms with Crippen LogP contribution in [0.1, 0.15) is 11.1 Å². The van der Waals surface area contributed by atoms with Crippen LogP contribution in [0.4, 0.5) is 0 Å². The summed E-state index contributed by atoms with van der Waals surface area (Å²) in [4.78, 5) is 24.2. The first-order valence-corrected chi connectivity index (χ1v) is 6.73. The van der Waals surface area contributed by atoms with Gasteiger partial charge in [-0.15, -0.1) is 0 Å². The van der Waals surface area contributed by atoms with Crippen LogP contribution in [0.2, 0.25) is 0 Å². The molecule has 1 saturated heterocycles. The maximum absolute atomic E-state index is 12.0. The fraction of sp³-hybridized carbons (Fsp3) is 0.154. The first-order chi connectivity index (χ1) is 8.97. The van der Waals surface area contributed by atoms with Gasteiger partial charge in [-0.25, -0.2) is 0 Å². The van der Waals surface area contributed by atoms with Crippen molar-refractivity contribution in [1.29, 1.82) is 0 Å². The van der Waals surface area contributed by atoms with Crippen molar-refractivity contribution in [3.05, 3.63) is 40.3 Å². The maximum atomic E-state index is 12.0. The number of aryl methyl sites for hydroxylation is 1. The Balaban J connectivity index is 2.23. The molecule has 0 bridgehead atoms. The number of aliphatic carboxylic acids is 1. The molecule has 0 atom stereocenters. The van der Waals surface area contributed by atoms with Crippen LogP contribution in [0.5, 0.6) is 0 Å². The molecule has 19 heavy (non-hydrogen) atoms. The molecule has 1 heterocycles. The molecule has 0 spiro atoms. The summed E-state index contributed by atoms with van der Waals surface area (Å²) >= 11 is 6.14. The lowest BCUT2D eigenvalue weighted by Crippen LogP contribution is -2.33. The molecule has 1 fully saturated rings. The summed E-state index contributed by atoms with van der Waals surface area (Å²) < 4.78 is 0.283. The molecule has 0 radical (unpaired) electrons. The number of benzene rings is 1. The number of hydrogen-bond acceptors (Lipinski definition) is 4. The highest BCUT2D eigenvalue weighted by atomic mass is 32.2. The van der Waals surface area contributed by atoms with Crippen molar-refractivity contribution in [3.8, 4) is 0 Å². The lowest BCUT2D eigenvalue weighted by molar-refractivity contribution is -0.140. The fourth-order valence-corrected chi connectivity index (χ4v) is 2.84. The van der Waals surface area contributed by atoms with Gasteiger partial charge in [0.2, 0.25) is 0 Å². The second kappa shape index (κ2) is 5.54. The smallest absolute Gasteiger partial charge is 0.323 e. The summed E-state index contributed by atoms with van der Waals surface area (Å²) in [5.41, 5.74) is 2.03. The normalized spacial score (nSPS) is 17.3. The summed E-state index contributed by atoms with van der Waals surface area (Å²) in [6, 6.07) is 7.70. The molecule has 2 rings (SSSR count). The number of thioether (sulfide) groups is 1. The Morgan fingerprint density at radius 2 is 2.05 bits per heavy atom. The summed E-state index contributed by atoms with van der Waals surface area (Å²) in [7, 11) is 0. The molecular formula is C13H11NO3S2. The van der Waals surface area contributed by atoms with Gasteiger partial charge in [0.1, 0.15) is 10.9 Å². The topological polar surface area (TPSA) is 57.6 Å². The van der Waals surface area contributed by atoms with E-state index < -0.39 is 12.5 Å². The van der Waals surface area contributed by atoms with Crippen LogP contribution in [0.25, 0.3) is 6.08 Å². The molecule has 0 unspecified atom stereocenters. The molecule has 4 nitrogen and oxygen atoms in total. The lowest BCUT2D eigenvalue weighted by Gasteiger charge is -2.10. The van der Waals surface area contributed by atoms with Crippen molar-refractivity contribution in [3.63, 3.8) is 0 Å². The van der Waals surface area contributed by atoms with Gasteiger partial charge in [0.25, 0.3) is 5.91 Å². The molecular weight excluding hydrogens is 282 g/mol. The zero-order valence-corrected chi connectivity index (χ0v) is 11.8. The van der Waals surface area contributed by atoms with Crippen LogP contribution in [0.15, 0.2) is 29.2 Å². The van der Waals surface area contributed by atoms with Gasteiger partial charge in [0.05, 0.1) is 4.91 Å². The first kappa shape index (κ1) is 13.8. The zero-order valence-electron chi connectivity index (χ0n) is 10.1. The molecule has 1 aromatic rings. The van der Waals surface area contributed by atoms with Crippen LogP contribution >= 0.6 is 24.0 Å². The van der Waals surface area contributed by atoms with Gasteiger partial charge < -0.3 is 5.11 Å². The van der Waals surface area contributed by atoms with E-state index in [0.717, 1.165) is 27.8 Å². The van der Waals surface area contributed by atoms with E-state index in [0.29, 0.717) is 4.91 Å². The molecule has 6 heteroatoms. The highest BCUT2D eigenvalue weighted by molar-refractivity contribution is 8.26. The number of nitrogens with zero attached hydrogens (tertiary/aromatic N) is 1. The SMILES string of the molecule is Cc1ccc(C=C2SC(=S)N(CC(=O)O)C2=O)cc1. The van der Waals surface area contributed by atoms with Crippen molar-refractivity contribution in [2.75, 3.05) is 6.54 Å². The maximum Gasteiger partial charge on any atom is 0.323 e. The molecule has 1 aliphatic heterocycles. The lowest BCUT2D eigenvalue weighted by atomic mass is 10.1. The number of hydrogen-bond donors (Lipinski definition) is 1. The molecule has 1 aromatic carbocycles. The third-order valence-corrected chi connectivity index (χ3v) is 3.92. The molecule has 0 aromatic heterocycles. The molecule has 1 aliphatic rings. The Morgan fingerprint density at radius 3 is 2.63 bits per heavy atom. The van der Waals surface area contributed by atoms with Crippen molar-refractivity contribution in [1.82, 2.24) is 4.90 Å². The van der Waals surface area contributed by atoms with Crippen LogP contribution in [-0.2, 0) is 9.59 Å². The quantitative estimate of drug-likeness (QED) is 0.684. The molecule has 98 valence electrons. The largest absolute Gasteiger partial charge is 0.480 e. The predicted molar refractivity (Wildman–Crippen MR) is 78.7 cm³/mol. The summed E-state index contributed by atoms with van der Waals surface area (Å²) in [5, 5.41) is 8.73. The predicted octanol–water partition coefficient (Wildman–Crippen LogP) is 2.28. The molecule has 1 N–H and O–H groups in total. The number of thiocarbonyl (C=S) groups is 1. The van der Waals surface area contributed by atoms with Gasteiger partial charge in [-0.05, 0) is 18.6 Å². The minimum atomic E-state index is -1.08. The van der Waals surface area contributed by atoms with E-state index in [1.807, 2.05) is 31.2 Å². The van der Waals surface area contributed by atoms with Crippen LogP contribution in [0, 0.1) is 6.92 Å². The van der Waals surface area contributed by atoms with Gasteiger partial charge in [0.15, 0.2) is 0 Å². The highest BCUT2D eigenvalue weighted by Gasteiger charge is 2.33. The third kappa shape index (κ3) is 3.21. The van der Waals surface area contributed by atoms with E-state index >= 15 is 0 Å². The van der Waals surface area contributed by atoms with Crippen molar-refractivity contribution in [2.45, 2.75) is 6.92 Å². The van der Waals surface area contributed by atoms with E-state index in [1.165, 1.54) is 0 Å². The fourth-order valence-electron chi connectivity index (χ4n) is 1.59. The number of amides is 1. The number of rotatable bonds is 3. The van der Waals surface area contributed by atoms with Gasteiger partial charge >= 0.3 is 5.97 Å². The average molecular weight is 293 g/mol. The first-order valence-electron chi connectivity index (χ1n) is 5.51. The van der Waals surface area contributed by atoms with Crippen LogP contribution in [-0.4, -0.2) is 32.7 Å². The highest BCUT2D eigenvalue weighted by Crippen LogP contribution is 2.32. The van der Waals surface area contributed by atoms with Gasteiger partial charge in [-0.2, -0.15) is 0 Å². The Bertz CT molecular complexity index is 578. The second-order valence-corrected chi connectivity index (χ2v) is 5.75. The standard InChI is InChI=1S/C13H11NO3S2/c1-8-2-4-9(5-3-8)6-10-12(17)14(7-11(15)16)13(18)19-10/h2-6H,7H2,1H3,(H,15,16). The van der Waals surface area contributed by atoms with E-state index in [2.05, 4.69) is 0 Å². The molecule has 1 amide bonds. The summed E-state index contributed by atoms with van der Waals surface area (Å²) in [6.45, 7) is 1.59. The Hall–Kier alpha value is -1.66. The van der Waals surface area contributed by atoms with Crippen LogP contribution < -0.4 is 0 Å². The molecule has 0 saturated carbocycles. The zero-order chi connectivity index (χ0) is 14.0. The summed E-state index contributed by atoms with van der Waals surface area (Å²) in [5.74, 6) is -1.43. The van der Waals surface area contributed by atoms with Crippen molar-refractivity contribution < 1.29 is 14.7 Å². The number of carboxylic acids is 1. The van der Waals surface area contributed by atoms with E-state index in [4.69, 9.17) is 17.3 Å². The Kier molecular flexibility index (Phi) is 4.01. The van der Waals surface area contributed by atoms with Gasteiger partial charge in [-0.1, -0.05) is 53.8 Å². The second-order valence-electron chi connectivity index (χ2n) is 4.07. The van der Waals surface area contributed by atoms with Crippen molar-refractivity contribution in [2.24, 2.45) is 0 Å². The number of carboxylic acid groups (broad SMARTS) is 1. The van der Waals surface area contributed by atoms with E-state index in [1.54, 1.807) is 6.08 Å². The van der Waals surface area contributed by atoms with E-state index in [-0.39, 0.29) is 10.2 Å². The number of carbonyl (C=O) groups is 2. The van der Waals surface area contributed by atoms with Crippen LogP contribution in [0.3, 0.4) is 0 Å². The van der Waals surface area contributed by atoms with E-state index in [9.17, 15) is 9.59 Å². The minimum Gasteiger partial charge on any atom is -0.480 e. The average Bonchev–Trinajstić information content (AvgIpc) is 2.60. The van der Waals surface area contributed by atoms with Gasteiger partial charge in [0, 0.05) is 0 Å².